The maximum Gasteiger partial charge on any atom is 0.134 e. The van der Waals surface area contributed by atoms with E-state index in [0.29, 0.717) is 11.0 Å². The minimum absolute atomic E-state index is 0.325. The number of aromatic nitrogens is 2. The molecule has 1 saturated heterocycles. The van der Waals surface area contributed by atoms with Gasteiger partial charge in [-0.25, -0.2) is 0 Å². The Morgan fingerprint density at radius 3 is 2.72 bits per heavy atom. The zero-order valence-corrected chi connectivity index (χ0v) is 12.2. The summed E-state index contributed by atoms with van der Waals surface area (Å²) in [7, 11) is 1.23. The number of nitrogens with zero attached hydrogens (tertiary/aromatic N) is 2. The van der Waals surface area contributed by atoms with E-state index in [1.165, 1.54) is 0 Å². The number of anilines is 1. The van der Waals surface area contributed by atoms with Crippen molar-refractivity contribution in [2.75, 3.05) is 16.8 Å². The first-order valence-electron chi connectivity index (χ1n) is 5.94. The molecular formula is C11H18N4OS2. The zero-order valence-electron chi connectivity index (χ0n) is 10.6. The Labute approximate surface area is 115 Å². The average Bonchev–Trinajstić information content (AvgIpc) is 2.57. The molecule has 0 amide bonds. The molecule has 0 aliphatic carbocycles. The lowest BCUT2D eigenvalue weighted by molar-refractivity contribution is 0.616. The number of hydrogen-bond acceptors (Lipinski definition) is 4. The molecule has 2 rings (SSSR count). The van der Waals surface area contributed by atoms with Gasteiger partial charge in [0, 0.05) is 35.4 Å². The largest absolute Gasteiger partial charge is 0.389 e. The lowest BCUT2D eigenvalue weighted by Gasteiger charge is -2.24. The molecular weight excluding hydrogens is 268 g/mol. The van der Waals surface area contributed by atoms with Crippen LogP contribution in [0.15, 0.2) is 0 Å². The van der Waals surface area contributed by atoms with Gasteiger partial charge >= 0.3 is 0 Å². The van der Waals surface area contributed by atoms with Crippen LogP contribution in [0.5, 0.6) is 0 Å². The molecule has 3 N–H and O–H groups in total. The number of rotatable bonds is 3. The summed E-state index contributed by atoms with van der Waals surface area (Å²) >= 11 is 5.07. The van der Waals surface area contributed by atoms with Gasteiger partial charge in [0.1, 0.15) is 10.8 Å². The standard InChI is InChI=1S/C11H18N4OS2/c1-7-9(10(12)17)11(15(2)14-7)13-8-3-5-18(16)6-4-8/h8,13H,3-6H2,1-2H3,(H2,12,17). The van der Waals surface area contributed by atoms with Crippen LogP contribution in [0.1, 0.15) is 24.1 Å². The highest BCUT2D eigenvalue weighted by molar-refractivity contribution is 7.85. The summed E-state index contributed by atoms with van der Waals surface area (Å²) in [4.78, 5) is 0.363. The van der Waals surface area contributed by atoms with Crippen molar-refractivity contribution < 1.29 is 4.21 Å². The van der Waals surface area contributed by atoms with Gasteiger partial charge in [0.15, 0.2) is 0 Å². The summed E-state index contributed by atoms with van der Waals surface area (Å²) in [5.74, 6) is 2.39. The molecule has 0 aromatic carbocycles. The molecule has 0 bridgehead atoms. The van der Waals surface area contributed by atoms with E-state index in [0.717, 1.165) is 41.4 Å². The van der Waals surface area contributed by atoms with Crippen LogP contribution in [-0.4, -0.2) is 36.5 Å². The highest BCUT2D eigenvalue weighted by Crippen LogP contribution is 2.22. The van der Waals surface area contributed by atoms with Crippen LogP contribution < -0.4 is 11.1 Å². The lowest BCUT2D eigenvalue weighted by Crippen LogP contribution is -2.31. The average molecular weight is 286 g/mol. The van der Waals surface area contributed by atoms with Gasteiger partial charge < -0.3 is 11.1 Å². The summed E-state index contributed by atoms with van der Waals surface area (Å²) in [6, 6.07) is 0.325. The summed E-state index contributed by atoms with van der Waals surface area (Å²) in [6.07, 6.45) is 1.82. The van der Waals surface area contributed by atoms with Crippen LogP contribution in [-0.2, 0) is 17.8 Å². The molecule has 0 saturated carbocycles. The van der Waals surface area contributed by atoms with E-state index in [1.54, 1.807) is 4.68 Å². The van der Waals surface area contributed by atoms with E-state index >= 15 is 0 Å². The van der Waals surface area contributed by atoms with Gasteiger partial charge in [0.25, 0.3) is 0 Å². The molecule has 0 radical (unpaired) electrons. The van der Waals surface area contributed by atoms with Crippen molar-refractivity contribution in [1.29, 1.82) is 0 Å². The molecule has 5 nitrogen and oxygen atoms in total. The molecule has 0 spiro atoms. The van der Waals surface area contributed by atoms with Crippen molar-refractivity contribution in [3.63, 3.8) is 0 Å². The number of aryl methyl sites for hydroxylation is 2. The van der Waals surface area contributed by atoms with Crippen molar-refractivity contribution in [3.8, 4) is 0 Å². The fraction of sp³-hybridized carbons (Fsp3) is 0.636. The van der Waals surface area contributed by atoms with Gasteiger partial charge in [-0.1, -0.05) is 12.2 Å². The van der Waals surface area contributed by atoms with E-state index < -0.39 is 10.8 Å². The van der Waals surface area contributed by atoms with Gasteiger partial charge in [-0.3, -0.25) is 8.89 Å². The van der Waals surface area contributed by atoms with Gasteiger partial charge in [-0.05, 0) is 19.8 Å². The molecule has 2 heterocycles. The summed E-state index contributed by atoms with van der Waals surface area (Å²) in [6.45, 7) is 1.90. The second-order valence-corrected chi connectivity index (χ2v) is 6.70. The summed E-state index contributed by atoms with van der Waals surface area (Å²) in [5.41, 5.74) is 7.40. The Morgan fingerprint density at radius 2 is 2.17 bits per heavy atom. The van der Waals surface area contributed by atoms with E-state index in [2.05, 4.69) is 10.4 Å². The summed E-state index contributed by atoms with van der Waals surface area (Å²) < 4.78 is 13.1. The predicted octanol–water partition coefficient (Wildman–Crippen LogP) is 0.686. The molecule has 1 aliphatic heterocycles. The van der Waals surface area contributed by atoms with Crippen LogP contribution in [0.4, 0.5) is 5.82 Å². The van der Waals surface area contributed by atoms with E-state index in [1.807, 2.05) is 14.0 Å². The lowest BCUT2D eigenvalue weighted by atomic mass is 10.1. The molecule has 0 unspecified atom stereocenters. The topological polar surface area (TPSA) is 72.9 Å². The number of hydrogen-bond donors (Lipinski definition) is 2. The second kappa shape index (κ2) is 5.36. The second-order valence-electron chi connectivity index (χ2n) is 4.56. The Morgan fingerprint density at radius 1 is 1.56 bits per heavy atom. The van der Waals surface area contributed by atoms with Crippen molar-refractivity contribution in [1.82, 2.24) is 9.78 Å². The highest BCUT2D eigenvalue weighted by atomic mass is 32.2. The van der Waals surface area contributed by atoms with Crippen LogP contribution in [0.3, 0.4) is 0 Å². The van der Waals surface area contributed by atoms with Gasteiger partial charge in [0.2, 0.25) is 0 Å². The van der Waals surface area contributed by atoms with Crippen LogP contribution >= 0.6 is 12.2 Å². The maximum absolute atomic E-state index is 11.3. The third-order valence-electron chi connectivity index (χ3n) is 3.20. The van der Waals surface area contributed by atoms with Gasteiger partial charge in [0.05, 0.1) is 11.3 Å². The third-order valence-corrected chi connectivity index (χ3v) is 4.78. The quantitative estimate of drug-likeness (QED) is 0.800. The van der Waals surface area contributed by atoms with E-state index in [4.69, 9.17) is 18.0 Å². The van der Waals surface area contributed by atoms with Crippen LogP contribution in [0, 0.1) is 6.92 Å². The van der Waals surface area contributed by atoms with Crippen molar-refractivity contribution >= 4 is 33.8 Å². The summed E-state index contributed by atoms with van der Waals surface area (Å²) in [5, 5.41) is 7.78. The monoisotopic (exact) mass is 286 g/mol. The van der Waals surface area contributed by atoms with Crippen molar-refractivity contribution in [3.05, 3.63) is 11.3 Å². The van der Waals surface area contributed by atoms with E-state index in [-0.39, 0.29) is 0 Å². The first-order chi connectivity index (χ1) is 8.49. The van der Waals surface area contributed by atoms with Crippen LogP contribution in [0.25, 0.3) is 0 Å². The number of nitrogens with two attached hydrogens (primary N) is 1. The van der Waals surface area contributed by atoms with Crippen LogP contribution in [0.2, 0.25) is 0 Å². The Balaban J connectivity index is 2.18. The van der Waals surface area contributed by atoms with Gasteiger partial charge in [-0.2, -0.15) is 5.10 Å². The molecule has 7 heteroatoms. The predicted molar refractivity (Wildman–Crippen MR) is 78.4 cm³/mol. The molecule has 1 fully saturated rings. The zero-order chi connectivity index (χ0) is 13.3. The molecule has 1 aromatic heterocycles. The number of nitrogens with one attached hydrogen (secondary N) is 1. The Bertz CT molecular complexity index is 487. The molecule has 18 heavy (non-hydrogen) atoms. The smallest absolute Gasteiger partial charge is 0.134 e. The third kappa shape index (κ3) is 2.72. The van der Waals surface area contributed by atoms with Gasteiger partial charge in [-0.15, -0.1) is 0 Å². The van der Waals surface area contributed by atoms with Crippen molar-refractivity contribution in [2.45, 2.75) is 25.8 Å². The minimum Gasteiger partial charge on any atom is -0.389 e. The highest BCUT2D eigenvalue weighted by Gasteiger charge is 2.22. The molecule has 0 atom stereocenters. The SMILES string of the molecule is Cc1nn(C)c(NC2CCS(=O)CC2)c1C(N)=S. The maximum atomic E-state index is 11.3. The fourth-order valence-electron chi connectivity index (χ4n) is 2.25. The normalized spacial score (nSPS) is 23.9. The Hall–Kier alpha value is -0.950. The molecule has 100 valence electrons. The first kappa shape index (κ1) is 13.5. The minimum atomic E-state index is -0.646. The van der Waals surface area contributed by atoms with Crippen molar-refractivity contribution in [2.24, 2.45) is 12.8 Å². The Kier molecular flexibility index (Phi) is 4.01. The molecule has 1 aliphatic rings. The number of thiocarbonyl (C=S) groups is 1. The van der Waals surface area contributed by atoms with E-state index in [9.17, 15) is 4.21 Å². The first-order valence-corrected chi connectivity index (χ1v) is 7.83. The molecule has 1 aromatic rings. The fourth-order valence-corrected chi connectivity index (χ4v) is 3.79.